The molecule has 0 atom stereocenters. The Morgan fingerprint density at radius 3 is 2.81 bits per heavy atom. The fourth-order valence-electron chi connectivity index (χ4n) is 2.27. The molecule has 1 heterocycles. The van der Waals surface area contributed by atoms with Crippen LogP contribution < -0.4 is 5.73 Å². The third kappa shape index (κ3) is 2.52. The van der Waals surface area contributed by atoms with E-state index >= 15 is 0 Å². The van der Waals surface area contributed by atoms with Crippen LogP contribution in [0.4, 0.5) is 0 Å². The van der Waals surface area contributed by atoms with Gasteiger partial charge in [0.2, 0.25) is 0 Å². The average molecular weight is 314 g/mol. The molecule has 0 aliphatic heterocycles. The van der Waals surface area contributed by atoms with Gasteiger partial charge in [-0.15, -0.1) is 16.9 Å². The summed E-state index contributed by atoms with van der Waals surface area (Å²) in [6.07, 6.45) is 0. The second-order valence-electron chi connectivity index (χ2n) is 4.44. The normalized spacial score (nSPS) is 10.9. The molecule has 0 bridgehead atoms. The van der Waals surface area contributed by atoms with Gasteiger partial charge < -0.3 is 5.73 Å². The van der Waals surface area contributed by atoms with E-state index in [-0.39, 0.29) is 0 Å². The molecule has 0 aliphatic carbocycles. The van der Waals surface area contributed by atoms with Crippen molar-refractivity contribution in [2.45, 2.75) is 11.8 Å². The van der Waals surface area contributed by atoms with Gasteiger partial charge in [-0.3, -0.25) is 0 Å². The molecule has 6 heteroatoms. The van der Waals surface area contributed by atoms with Crippen molar-refractivity contribution in [3.05, 3.63) is 48.0 Å². The van der Waals surface area contributed by atoms with E-state index in [1.807, 2.05) is 42.5 Å². The molecule has 0 aliphatic rings. The summed E-state index contributed by atoms with van der Waals surface area (Å²) >= 11 is 6.97. The highest BCUT2D eigenvalue weighted by molar-refractivity contribution is 7.99. The molecule has 2 N–H and O–H groups in total. The second-order valence-corrected chi connectivity index (χ2v) is 6.18. The lowest BCUT2D eigenvalue weighted by Crippen LogP contribution is -2.15. The monoisotopic (exact) mass is 314 g/mol. The van der Waals surface area contributed by atoms with Crippen LogP contribution in [0, 0.1) is 0 Å². The predicted molar refractivity (Wildman–Crippen MR) is 91.2 cm³/mol. The molecule has 0 saturated carbocycles. The van der Waals surface area contributed by atoms with Crippen LogP contribution in [0.25, 0.3) is 16.7 Å². The highest BCUT2D eigenvalue weighted by Crippen LogP contribution is 2.28. The number of aromatic nitrogens is 3. The number of thiocarbonyl (C=S) groups is 1. The molecule has 0 amide bonds. The quantitative estimate of drug-likeness (QED) is 0.592. The number of hydrogen-bond donors (Lipinski definition) is 1. The SMILES string of the molecule is CCSc1cccc(-n2nnc3ccccc32)c1C(N)=S. The van der Waals surface area contributed by atoms with E-state index < -0.39 is 0 Å². The molecule has 0 fully saturated rings. The number of para-hydroxylation sites is 1. The third-order valence-electron chi connectivity index (χ3n) is 3.13. The molecule has 3 rings (SSSR count). The Kier molecular flexibility index (Phi) is 3.90. The Hall–Kier alpha value is -1.92. The first-order chi connectivity index (χ1) is 10.2. The van der Waals surface area contributed by atoms with E-state index in [2.05, 4.69) is 17.2 Å². The Labute approximate surface area is 132 Å². The topological polar surface area (TPSA) is 56.7 Å². The van der Waals surface area contributed by atoms with Crippen LogP contribution in [0.1, 0.15) is 12.5 Å². The van der Waals surface area contributed by atoms with E-state index in [0.29, 0.717) is 4.99 Å². The summed E-state index contributed by atoms with van der Waals surface area (Å²) in [4.78, 5) is 1.45. The summed E-state index contributed by atoms with van der Waals surface area (Å²) in [5.41, 5.74) is 9.46. The molecule has 21 heavy (non-hydrogen) atoms. The van der Waals surface area contributed by atoms with Gasteiger partial charge in [0.15, 0.2) is 0 Å². The van der Waals surface area contributed by atoms with Crippen molar-refractivity contribution in [3.63, 3.8) is 0 Å². The van der Waals surface area contributed by atoms with Gasteiger partial charge >= 0.3 is 0 Å². The number of thioether (sulfide) groups is 1. The first kappa shape index (κ1) is 14.0. The molecule has 3 aromatic rings. The van der Waals surface area contributed by atoms with Crippen molar-refractivity contribution in [3.8, 4) is 5.69 Å². The zero-order valence-corrected chi connectivity index (χ0v) is 13.1. The number of hydrogen-bond acceptors (Lipinski definition) is 4. The summed E-state index contributed by atoms with van der Waals surface area (Å²) in [6.45, 7) is 2.10. The van der Waals surface area contributed by atoms with Gasteiger partial charge in [-0.2, -0.15) is 0 Å². The summed E-state index contributed by atoms with van der Waals surface area (Å²) in [7, 11) is 0. The van der Waals surface area contributed by atoms with Crippen molar-refractivity contribution in [2.24, 2.45) is 5.73 Å². The summed E-state index contributed by atoms with van der Waals surface area (Å²) in [5.74, 6) is 0.956. The zero-order valence-electron chi connectivity index (χ0n) is 11.5. The lowest BCUT2D eigenvalue weighted by molar-refractivity contribution is 0.820. The largest absolute Gasteiger partial charge is 0.389 e. The Morgan fingerprint density at radius 2 is 2.05 bits per heavy atom. The van der Waals surface area contributed by atoms with Crippen LogP contribution in [0.2, 0.25) is 0 Å². The van der Waals surface area contributed by atoms with Gasteiger partial charge in [0.25, 0.3) is 0 Å². The number of benzene rings is 2. The molecule has 1 aromatic heterocycles. The lowest BCUT2D eigenvalue weighted by atomic mass is 10.1. The van der Waals surface area contributed by atoms with Crippen LogP contribution >= 0.6 is 24.0 Å². The minimum atomic E-state index is 0.376. The van der Waals surface area contributed by atoms with E-state index in [4.69, 9.17) is 18.0 Å². The minimum Gasteiger partial charge on any atom is -0.389 e. The average Bonchev–Trinajstić information content (AvgIpc) is 2.91. The highest BCUT2D eigenvalue weighted by Gasteiger charge is 2.15. The fraction of sp³-hybridized carbons (Fsp3) is 0.133. The van der Waals surface area contributed by atoms with Gasteiger partial charge in [-0.05, 0) is 30.0 Å². The van der Waals surface area contributed by atoms with E-state index in [9.17, 15) is 0 Å². The molecular weight excluding hydrogens is 300 g/mol. The fourth-order valence-corrected chi connectivity index (χ4v) is 3.39. The van der Waals surface area contributed by atoms with Gasteiger partial charge in [-0.1, -0.05) is 42.6 Å². The van der Waals surface area contributed by atoms with Gasteiger partial charge in [0.05, 0.1) is 11.2 Å². The number of fused-ring (bicyclic) bond motifs is 1. The first-order valence-corrected chi connectivity index (χ1v) is 7.98. The van der Waals surface area contributed by atoms with Gasteiger partial charge in [0, 0.05) is 10.5 Å². The smallest absolute Gasteiger partial charge is 0.113 e. The number of rotatable bonds is 4. The van der Waals surface area contributed by atoms with Crippen LogP contribution in [0.5, 0.6) is 0 Å². The summed E-state index contributed by atoms with van der Waals surface area (Å²) in [5, 5.41) is 8.45. The maximum Gasteiger partial charge on any atom is 0.113 e. The van der Waals surface area contributed by atoms with Crippen molar-refractivity contribution in [1.82, 2.24) is 15.0 Å². The molecule has 106 valence electrons. The lowest BCUT2D eigenvalue weighted by Gasteiger charge is -2.13. The number of nitrogens with two attached hydrogens (primary N) is 1. The molecule has 0 radical (unpaired) electrons. The maximum absolute atomic E-state index is 5.95. The van der Waals surface area contributed by atoms with Crippen LogP contribution in [-0.4, -0.2) is 25.7 Å². The van der Waals surface area contributed by atoms with Crippen molar-refractivity contribution in [2.75, 3.05) is 5.75 Å². The Bertz CT molecular complexity index is 810. The van der Waals surface area contributed by atoms with Crippen molar-refractivity contribution in [1.29, 1.82) is 0 Å². The van der Waals surface area contributed by atoms with Crippen molar-refractivity contribution < 1.29 is 0 Å². The zero-order chi connectivity index (χ0) is 14.8. The second kappa shape index (κ2) is 5.83. The first-order valence-electron chi connectivity index (χ1n) is 6.58. The third-order valence-corrected chi connectivity index (χ3v) is 4.27. The molecule has 0 spiro atoms. The molecule has 0 saturated heterocycles. The standard InChI is InChI=1S/C15H14N4S2/c1-2-21-13-9-5-8-12(14(13)15(16)20)19-11-7-4-3-6-10(11)17-18-19/h3-9H,2H2,1H3,(H2,16,20). The summed E-state index contributed by atoms with van der Waals surface area (Å²) in [6, 6.07) is 13.8. The maximum atomic E-state index is 5.95. The highest BCUT2D eigenvalue weighted by atomic mass is 32.2. The van der Waals surface area contributed by atoms with Crippen LogP contribution in [-0.2, 0) is 0 Å². The summed E-state index contributed by atoms with van der Waals surface area (Å²) < 4.78 is 1.80. The van der Waals surface area contributed by atoms with Crippen LogP contribution in [0.3, 0.4) is 0 Å². The number of nitrogens with zero attached hydrogens (tertiary/aromatic N) is 3. The Morgan fingerprint density at radius 1 is 1.24 bits per heavy atom. The van der Waals surface area contributed by atoms with Gasteiger partial charge in [0.1, 0.15) is 10.5 Å². The Balaban J connectivity index is 2.27. The predicted octanol–water partition coefficient (Wildman–Crippen LogP) is 3.17. The van der Waals surface area contributed by atoms with E-state index in [1.54, 1.807) is 16.4 Å². The minimum absolute atomic E-state index is 0.376. The molecular formula is C15H14N4S2. The van der Waals surface area contributed by atoms with Gasteiger partial charge in [-0.25, -0.2) is 4.68 Å². The molecule has 2 aromatic carbocycles. The van der Waals surface area contributed by atoms with Crippen molar-refractivity contribution >= 4 is 40.0 Å². The molecule has 0 unspecified atom stereocenters. The molecule has 4 nitrogen and oxygen atoms in total. The van der Waals surface area contributed by atoms with E-state index in [0.717, 1.165) is 32.9 Å². The van der Waals surface area contributed by atoms with Crippen LogP contribution in [0.15, 0.2) is 47.4 Å². The van der Waals surface area contributed by atoms with E-state index in [1.165, 1.54) is 0 Å².